The summed E-state index contributed by atoms with van der Waals surface area (Å²) >= 11 is 1.64. The fraction of sp³-hybridized carbons (Fsp3) is 0.211. The summed E-state index contributed by atoms with van der Waals surface area (Å²) in [6.45, 7) is 0. The molecule has 4 rings (SSSR count). The first-order chi connectivity index (χ1) is 10.8. The highest BCUT2D eigenvalue weighted by molar-refractivity contribution is 8.00. The maximum Gasteiger partial charge on any atom is 0.172 e. The Morgan fingerprint density at radius 3 is 2.00 bits per heavy atom. The normalized spacial score (nSPS) is 19.7. The van der Waals surface area contributed by atoms with E-state index in [1.54, 1.807) is 11.8 Å². The van der Waals surface area contributed by atoms with Gasteiger partial charge in [0.25, 0.3) is 0 Å². The molecule has 0 aromatic heterocycles. The fourth-order valence-electron chi connectivity index (χ4n) is 3.25. The average molecular weight is 308 g/mol. The van der Waals surface area contributed by atoms with Crippen molar-refractivity contribution < 1.29 is 9.53 Å². The molecule has 3 heteroatoms. The topological polar surface area (TPSA) is 26.3 Å². The van der Waals surface area contributed by atoms with Crippen LogP contribution in [0.3, 0.4) is 0 Å². The van der Waals surface area contributed by atoms with E-state index in [-0.39, 0.29) is 5.78 Å². The van der Waals surface area contributed by atoms with Crippen LogP contribution in [0.2, 0.25) is 0 Å². The lowest BCUT2D eigenvalue weighted by molar-refractivity contribution is -0.113. The molecule has 2 aliphatic rings. The van der Waals surface area contributed by atoms with Crippen LogP contribution in [-0.4, -0.2) is 17.3 Å². The Morgan fingerprint density at radius 2 is 1.45 bits per heavy atom. The zero-order chi connectivity index (χ0) is 15.0. The molecule has 0 radical (unpaired) electrons. The number of hydrogen-bond donors (Lipinski definition) is 0. The number of carbonyl (C=O) groups excluding carboxylic acids is 1. The van der Waals surface area contributed by atoms with Gasteiger partial charge in [0.15, 0.2) is 11.4 Å². The van der Waals surface area contributed by atoms with Crippen molar-refractivity contribution in [2.75, 3.05) is 11.5 Å². The molecule has 110 valence electrons. The van der Waals surface area contributed by atoms with Crippen LogP contribution < -0.4 is 0 Å². The van der Waals surface area contributed by atoms with Gasteiger partial charge in [0.05, 0.1) is 11.5 Å². The van der Waals surface area contributed by atoms with Gasteiger partial charge in [0.2, 0.25) is 0 Å². The quantitative estimate of drug-likeness (QED) is 0.841. The van der Waals surface area contributed by atoms with Gasteiger partial charge in [-0.1, -0.05) is 60.7 Å². The molecular formula is C19H16O2S. The second-order valence-corrected chi connectivity index (χ2v) is 6.64. The lowest BCUT2D eigenvalue weighted by Gasteiger charge is -2.31. The molecule has 0 spiro atoms. The molecular weight excluding hydrogens is 292 g/mol. The van der Waals surface area contributed by atoms with Gasteiger partial charge >= 0.3 is 0 Å². The zero-order valence-electron chi connectivity index (χ0n) is 12.1. The van der Waals surface area contributed by atoms with Crippen LogP contribution in [0.1, 0.15) is 17.5 Å². The summed E-state index contributed by atoms with van der Waals surface area (Å²) < 4.78 is 6.43. The van der Waals surface area contributed by atoms with Crippen molar-refractivity contribution in [3.05, 3.63) is 83.1 Å². The van der Waals surface area contributed by atoms with Gasteiger partial charge < -0.3 is 4.74 Å². The summed E-state index contributed by atoms with van der Waals surface area (Å²) in [4.78, 5) is 12.3. The van der Waals surface area contributed by atoms with E-state index in [1.165, 1.54) is 0 Å². The number of rotatable bonds is 2. The molecule has 2 aliphatic heterocycles. The number of benzene rings is 2. The Hall–Kier alpha value is -2.00. The van der Waals surface area contributed by atoms with Crippen molar-refractivity contribution in [1.29, 1.82) is 0 Å². The predicted octanol–water partition coefficient (Wildman–Crippen LogP) is 3.92. The second kappa shape index (κ2) is 5.33. The predicted molar refractivity (Wildman–Crippen MR) is 88.7 cm³/mol. The molecule has 2 heterocycles. The summed E-state index contributed by atoms with van der Waals surface area (Å²) in [5.74, 6) is 2.46. The third kappa shape index (κ3) is 2.08. The molecule has 0 bridgehead atoms. The maximum atomic E-state index is 12.3. The summed E-state index contributed by atoms with van der Waals surface area (Å²) in [6.07, 6.45) is 0.635. The number of carbonyl (C=O) groups is 1. The van der Waals surface area contributed by atoms with Crippen LogP contribution in [0.4, 0.5) is 0 Å². The van der Waals surface area contributed by atoms with E-state index in [4.69, 9.17) is 4.74 Å². The minimum absolute atomic E-state index is 0.222. The standard InChI is InChI=1S/C19H16O2S/c20-17-12-22-13-18-16(17)11-19(21-18,14-7-3-1-4-8-14)15-9-5-2-6-10-15/h1-10H,11-13H2. The third-order valence-electron chi connectivity index (χ3n) is 4.34. The van der Waals surface area contributed by atoms with Crippen molar-refractivity contribution in [2.45, 2.75) is 12.0 Å². The van der Waals surface area contributed by atoms with Gasteiger partial charge in [0, 0.05) is 23.1 Å². The zero-order valence-corrected chi connectivity index (χ0v) is 12.9. The minimum Gasteiger partial charge on any atom is -0.481 e. The van der Waals surface area contributed by atoms with Crippen LogP contribution in [0.25, 0.3) is 0 Å². The molecule has 2 aromatic carbocycles. The Morgan fingerprint density at radius 1 is 0.864 bits per heavy atom. The van der Waals surface area contributed by atoms with Crippen molar-refractivity contribution in [3.63, 3.8) is 0 Å². The summed E-state index contributed by atoms with van der Waals surface area (Å²) in [5.41, 5.74) is 2.53. The number of thioether (sulfide) groups is 1. The third-order valence-corrected chi connectivity index (χ3v) is 5.28. The average Bonchev–Trinajstić information content (AvgIpc) is 2.99. The van der Waals surface area contributed by atoms with E-state index in [0.29, 0.717) is 12.2 Å². The minimum atomic E-state index is -0.562. The van der Waals surface area contributed by atoms with E-state index in [0.717, 1.165) is 28.2 Å². The molecule has 0 saturated carbocycles. The fourth-order valence-corrected chi connectivity index (χ4v) is 4.13. The van der Waals surface area contributed by atoms with Crippen molar-refractivity contribution in [3.8, 4) is 0 Å². The first kappa shape index (κ1) is 13.6. The Balaban J connectivity index is 1.85. The van der Waals surface area contributed by atoms with Gasteiger partial charge in [-0.3, -0.25) is 4.79 Å². The van der Waals surface area contributed by atoms with Gasteiger partial charge in [-0.25, -0.2) is 0 Å². The monoisotopic (exact) mass is 308 g/mol. The van der Waals surface area contributed by atoms with E-state index in [9.17, 15) is 4.79 Å². The van der Waals surface area contributed by atoms with E-state index in [2.05, 4.69) is 24.3 Å². The van der Waals surface area contributed by atoms with E-state index in [1.807, 2.05) is 36.4 Å². The van der Waals surface area contributed by atoms with Crippen molar-refractivity contribution in [1.82, 2.24) is 0 Å². The molecule has 2 nitrogen and oxygen atoms in total. The number of hydrogen-bond acceptors (Lipinski definition) is 3. The number of Topliss-reactive ketones (excluding diaryl/α,β-unsaturated/α-hetero) is 1. The highest BCUT2D eigenvalue weighted by atomic mass is 32.2. The Labute approximate surface area is 134 Å². The molecule has 2 aromatic rings. The molecule has 0 N–H and O–H groups in total. The highest BCUT2D eigenvalue weighted by Gasteiger charge is 2.46. The second-order valence-electron chi connectivity index (χ2n) is 5.66. The van der Waals surface area contributed by atoms with E-state index < -0.39 is 5.60 Å². The van der Waals surface area contributed by atoms with Crippen LogP contribution >= 0.6 is 11.8 Å². The lowest BCUT2D eigenvalue weighted by Crippen LogP contribution is -2.27. The van der Waals surface area contributed by atoms with Crippen LogP contribution in [-0.2, 0) is 15.1 Å². The summed E-state index contributed by atoms with van der Waals surface area (Å²) in [6, 6.07) is 20.5. The van der Waals surface area contributed by atoms with Crippen molar-refractivity contribution in [2.24, 2.45) is 0 Å². The van der Waals surface area contributed by atoms with Crippen LogP contribution in [0, 0.1) is 0 Å². The summed E-state index contributed by atoms with van der Waals surface area (Å²) in [7, 11) is 0. The van der Waals surface area contributed by atoms with Crippen molar-refractivity contribution >= 4 is 17.5 Å². The van der Waals surface area contributed by atoms with Gasteiger partial charge in [0.1, 0.15) is 5.76 Å². The highest BCUT2D eigenvalue weighted by Crippen LogP contribution is 2.48. The Kier molecular flexibility index (Phi) is 3.30. The maximum absolute atomic E-state index is 12.3. The van der Waals surface area contributed by atoms with Gasteiger partial charge in [-0.15, -0.1) is 11.8 Å². The SMILES string of the molecule is O=C1CSCC2=C1CC(c1ccccc1)(c1ccccc1)O2. The first-order valence-electron chi connectivity index (χ1n) is 7.43. The first-order valence-corrected chi connectivity index (χ1v) is 8.58. The van der Waals surface area contributed by atoms with Gasteiger partial charge in [-0.05, 0) is 0 Å². The molecule has 0 unspecified atom stereocenters. The van der Waals surface area contributed by atoms with Crippen LogP contribution in [0.15, 0.2) is 72.0 Å². The Bertz CT molecular complexity index is 695. The number of ketones is 1. The molecule has 0 aliphatic carbocycles. The lowest BCUT2D eigenvalue weighted by atomic mass is 9.82. The smallest absolute Gasteiger partial charge is 0.172 e. The molecule has 0 atom stereocenters. The number of ether oxygens (including phenoxy) is 1. The molecule has 0 amide bonds. The molecule has 0 saturated heterocycles. The van der Waals surface area contributed by atoms with Crippen LogP contribution in [0.5, 0.6) is 0 Å². The molecule has 22 heavy (non-hydrogen) atoms. The largest absolute Gasteiger partial charge is 0.481 e. The summed E-state index contributed by atoms with van der Waals surface area (Å²) in [5, 5.41) is 0. The van der Waals surface area contributed by atoms with E-state index >= 15 is 0 Å². The van der Waals surface area contributed by atoms with Gasteiger partial charge in [-0.2, -0.15) is 0 Å². The molecule has 0 fully saturated rings.